The lowest BCUT2D eigenvalue weighted by atomic mass is 9.98. The van der Waals surface area contributed by atoms with Crippen LogP contribution in [-0.4, -0.2) is 6.61 Å². The summed E-state index contributed by atoms with van der Waals surface area (Å²) in [6.07, 6.45) is 6.22. The largest absolute Gasteiger partial charge is 0.435 e. The molecule has 0 aliphatic heterocycles. The molecule has 0 aliphatic carbocycles. The molecular weight excluding hydrogens is 330 g/mol. The predicted molar refractivity (Wildman–Crippen MR) is 104 cm³/mol. The highest BCUT2D eigenvalue weighted by atomic mass is 19.3. The van der Waals surface area contributed by atoms with E-state index in [0.717, 1.165) is 17.5 Å². The molecule has 0 fully saturated rings. The fourth-order valence-corrected chi connectivity index (χ4v) is 3.21. The number of hydrogen-bond acceptors (Lipinski definition) is 1. The van der Waals surface area contributed by atoms with Gasteiger partial charge >= 0.3 is 6.61 Å². The van der Waals surface area contributed by atoms with E-state index in [2.05, 4.69) is 48.1 Å². The predicted octanol–water partition coefficient (Wildman–Crippen LogP) is 7.23. The van der Waals surface area contributed by atoms with Crippen LogP contribution in [0.4, 0.5) is 8.78 Å². The topological polar surface area (TPSA) is 9.23 Å². The molecule has 0 aliphatic rings. The van der Waals surface area contributed by atoms with Crippen molar-refractivity contribution in [2.45, 2.75) is 45.6 Å². The van der Waals surface area contributed by atoms with E-state index < -0.39 is 6.61 Å². The third-order valence-corrected chi connectivity index (χ3v) is 4.64. The lowest BCUT2D eigenvalue weighted by Gasteiger charge is -2.08. The fraction of sp³-hybridized carbons (Fsp3) is 0.304. The molecule has 3 aromatic rings. The zero-order valence-electron chi connectivity index (χ0n) is 15.1. The minimum absolute atomic E-state index is 0.178. The maximum atomic E-state index is 12.2. The number of benzene rings is 3. The van der Waals surface area contributed by atoms with Crippen LogP contribution in [0.25, 0.3) is 21.9 Å². The summed E-state index contributed by atoms with van der Waals surface area (Å²) in [7, 11) is 0. The Hall–Kier alpha value is -2.42. The maximum absolute atomic E-state index is 12.2. The summed E-state index contributed by atoms with van der Waals surface area (Å²) in [5.74, 6) is 0.178. The second-order valence-corrected chi connectivity index (χ2v) is 6.61. The van der Waals surface area contributed by atoms with Gasteiger partial charge < -0.3 is 4.74 Å². The van der Waals surface area contributed by atoms with Gasteiger partial charge in [-0.15, -0.1) is 0 Å². The molecule has 3 heteroatoms. The van der Waals surface area contributed by atoms with Crippen LogP contribution in [0.2, 0.25) is 0 Å². The first-order valence-electron chi connectivity index (χ1n) is 9.23. The van der Waals surface area contributed by atoms with E-state index >= 15 is 0 Å². The monoisotopic (exact) mass is 354 g/mol. The molecule has 0 unspecified atom stereocenters. The molecule has 0 heterocycles. The van der Waals surface area contributed by atoms with Crippen molar-refractivity contribution in [3.8, 4) is 16.9 Å². The molecule has 0 aromatic heterocycles. The molecule has 0 N–H and O–H groups in total. The van der Waals surface area contributed by atoms with Crippen LogP contribution in [0, 0.1) is 0 Å². The third kappa shape index (κ3) is 4.81. The number of alkyl halides is 2. The quantitative estimate of drug-likeness (QED) is 0.388. The highest BCUT2D eigenvalue weighted by Gasteiger charge is 2.05. The molecule has 136 valence electrons. The lowest BCUT2D eigenvalue weighted by Crippen LogP contribution is -2.01. The van der Waals surface area contributed by atoms with Gasteiger partial charge in [0.1, 0.15) is 5.75 Å². The normalized spacial score (nSPS) is 11.2. The van der Waals surface area contributed by atoms with E-state index in [1.165, 1.54) is 42.0 Å². The van der Waals surface area contributed by atoms with Gasteiger partial charge in [-0.05, 0) is 58.5 Å². The standard InChI is InChI=1S/C23H24F2O/c1-2-3-4-5-6-17-7-8-21-16-20(10-9-19(21)15-17)18-11-13-22(14-12-18)26-23(24)25/h7-16,23H,2-6H2,1H3. The summed E-state index contributed by atoms with van der Waals surface area (Å²) >= 11 is 0. The van der Waals surface area contributed by atoms with Gasteiger partial charge in [0.2, 0.25) is 0 Å². The summed E-state index contributed by atoms with van der Waals surface area (Å²) in [6.45, 7) is -0.565. The Balaban J connectivity index is 1.74. The van der Waals surface area contributed by atoms with Gasteiger partial charge in [0, 0.05) is 0 Å². The Morgan fingerprint density at radius 3 is 2.19 bits per heavy atom. The molecule has 1 nitrogen and oxygen atoms in total. The number of hydrogen-bond donors (Lipinski definition) is 0. The molecule has 0 amide bonds. The minimum Gasteiger partial charge on any atom is -0.435 e. The SMILES string of the molecule is CCCCCCc1ccc2cc(-c3ccc(OC(F)F)cc3)ccc2c1. The molecule has 3 aromatic carbocycles. The van der Waals surface area contributed by atoms with Gasteiger partial charge in [-0.25, -0.2) is 0 Å². The van der Waals surface area contributed by atoms with Gasteiger partial charge in [-0.3, -0.25) is 0 Å². The van der Waals surface area contributed by atoms with Crippen molar-refractivity contribution in [1.82, 2.24) is 0 Å². The van der Waals surface area contributed by atoms with Gasteiger partial charge in [-0.2, -0.15) is 8.78 Å². The van der Waals surface area contributed by atoms with Crippen molar-refractivity contribution in [3.63, 3.8) is 0 Å². The summed E-state index contributed by atoms with van der Waals surface area (Å²) < 4.78 is 28.9. The van der Waals surface area contributed by atoms with E-state index in [0.29, 0.717) is 0 Å². The van der Waals surface area contributed by atoms with Crippen LogP contribution in [0.15, 0.2) is 60.7 Å². The average molecular weight is 354 g/mol. The molecule has 0 spiro atoms. The first-order valence-corrected chi connectivity index (χ1v) is 9.23. The first-order chi connectivity index (χ1) is 12.7. The van der Waals surface area contributed by atoms with E-state index in [1.807, 2.05) is 0 Å². The van der Waals surface area contributed by atoms with Crippen molar-refractivity contribution in [2.24, 2.45) is 0 Å². The van der Waals surface area contributed by atoms with E-state index in [-0.39, 0.29) is 5.75 Å². The van der Waals surface area contributed by atoms with Crippen molar-refractivity contribution < 1.29 is 13.5 Å². The van der Waals surface area contributed by atoms with E-state index in [1.54, 1.807) is 24.3 Å². The molecule has 0 bridgehead atoms. The number of fused-ring (bicyclic) bond motifs is 1. The summed E-state index contributed by atoms with van der Waals surface area (Å²) in [5, 5.41) is 2.42. The molecule has 26 heavy (non-hydrogen) atoms. The van der Waals surface area contributed by atoms with Gasteiger partial charge in [-0.1, -0.05) is 68.7 Å². The Morgan fingerprint density at radius 1 is 0.769 bits per heavy atom. The Kier molecular flexibility index (Phi) is 6.21. The summed E-state index contributed by atoms with van der Waals surface area (Å²) in [4.78, 5) is 0. The maximum Gasteiger partial charge on any atom is 0.387 e. The first kappa shape index (κ1) is 18.4. The zero-order valence-corrected chi connectivity index (χ0v) is 15.1. The Morgan fingerprint density at radius 2 is 1.46 bits per heavy atom. The van der Waals surface area contributed by atoms with Crippen LogP contribution in [0.3, 0.4) is 0 Å². The second kappa shape index (κ2) is 8.79. The lowest BCUT2D eigenvalue weighted by molar-refractivity contribution is -0.0498. The van der Waals surface area contributed by atoms with Crippen molar-refractivity contribution in [1.29, 1.82) is 0 Å². The zero-order chi connectivity index (χ0) is 18.4. The highest BCUT2D eigenvalue weighted by Crippen LogP contribution is 2.27. The van der Waals surface area contributed by atoms with Gasteiger partial charge in [0.25, 0.3) is 0 Å². The summed E-state index contributed by atoms with van der Waals surface area (Å²) in [6, 6.07) is 19.7. The van der Waals surface area contributed by atoms with E-state index in [9.17, 15) is 8.78 Å². The molecule has 0 atom stereocenters. The number of unbranched alkanes of at least 4 members (excludes halogenated alkanes) is 3. The highest BCUT2D eigenvalue weighted by molar-refractivity contribution is 5.87. The molecular formula is C23H24F2O. The molecule has 0 saturated carbocycles. The van der Waals surface area contributed by atoms with E-state index in [4.69, 9.17) is 0 Å². The average Bonchev–Trinajstić information content (AvgIpc) is 2.65. The minimum atomic E-state index is -2.79. The van der Waals surface area contributed by atoms with Crippen LogP contribution < -0.4 is 4.74 Å². The Bertz CT molecular complexity index is 840. The smallest absolute Gasteiger partial charge is 0.387 e. The molecule has 0 saturated heterocycles. The van der Waals surface area contributed by atoms with Crippen molar-refractivity contribution in [3.05, 3.63) is 66.2 Å². The number of aryl methyl sites for hydroxylation is 1. The van der Waals surface area contributed by atoms with Crippen LogP contribution in [0.1, 0.15) is 38.2 Å². The third-order valence-electron chi connectivity index (χ3n) is 4.64. The fourth-order valence-electron chi connectivity index (χ4n) is 3.21. The van der Waals surface area contributed by atoms with Crippen LogP contribution >= 0.6 is 0 Å². The number of rotatable bonds is 8. The Labute approximate surface area is 153 Å². The second-order valence-electron chi connectivity index (χ2n) is 6.61. The van der Waals surface area contributed by atoms with Crippen molar-refractivity contribution >= 4 is 10.8 Å². The number of halogens is 2. The number of ether oxygens (including phenoxy) is 1. The van der Waals surface area contributed by atoms with Gasteiger partial charge in [0.05, 0.1) is 0 Å². The van der Waals surface area contributed by atoms with Crippen LogP contribution in [-0.2, 0) is 6.42 Å². The van der Waals surface area contributed by atoms with Gasteiger partial charge in [0.15, 0.2) is 0 Å². The summed E-state index contributed by atoms with van der Waals surface area (Å²) in [5.41, 5.74) is 3.43. The van der Waals surface area contributed by atoms with Crippen LogP contribution in [0.5, 0.6) is 5.75 Å². The van der Waals surface area contributed by atoms with Crippen molar-refractivity contribution in [2.75, 3.05) is 0 Å². The molecule has 0 radical (unpaired) electrons. The molecule has 3 rings (SSSR count).